The number of unbranched alkanes of at least 4 members (excludes halogenated alkanes) is 35. The summed E-state index contributed by atoms with van der Waals surface area (Å²) in [6.07, 6.45) is 52.1. The molecule has 430 valence electrons. The van der Waals surface area contributed by atoms with Crippen molar-refractivity contribution in [3.05, 3.63) is 36.5 Å². The van der Waals surface area contributed by atoms with Crippen LogP contribution in [-0.4, -0.2) is 110 Å². The van der Waals surface area contributed by atoms with E-state index in [0.717, 1.165) is 44.9 Å². The Balaban J connectivity index is 2.32. The van der Waals surface area contributed by atoms with E-state index in [9.17, 15) is 40.5 Å². The number of hydrogen-bond donors (Lipinski definition) is 8. The number of aliphatic hydroxyl groups is 7. The van der Waals surface area contributed by atoms with E-state index in [2.05, 4.69) is 55.6 Å². The van der Waals surface area contributed by atoms with Gasteiger partial charge in [0.25, 0.3) is 0 Å². The minimum absolute atomic E-state index is 0.243. The summed E-state index contributed by atoms with van der Waals surface area (Å²) in [7, 11) is 0. The summed E-state index contributed by atoms with van der Waals surface area (Å²) in [4.78, 5) is 13.2. The van der Waals surface area contributed by atoms with Crippen molar-refractivity contribution in [1.82, 2.24) is 5.32 Å². The SMILES string of the molecule is CCCCCCCCCCCCCCC/C=C/CC/C=C/CC/C=C/CCCC(O)C(O)C(COC1OC(CO)C(O)C(O)C1O)NC(=O)C(O)CCCCCCCCCCCCCCCCCCCCCC. The van der Waals surface area contributed by atoms with Crippen LogP contribution in [0.15, 0.2) is 36.5 Å². The molecule has 0 aromatic heterocycles. The van der Waals surface area contributed by atoms with Crippen molar-refractivity contribution in [2.75, 3.05) is 13.2 Å². The Kier molecular flexibility index (Phi) is 48.5. The molecule has 1 rings (SSSR count). The smallest absolute Gasteiger partial charge is 0.249 e. The third-order valence-corrected chi connectivity index (χ3v) is 14.9. The van der Waals surface area contributed by atoms with E-state index in [4.69, 9.17) is 9.47 Å². The van der Waals surface area contributed by atoms with Gasteiger partial charge in [-0.1, -0.05) is 256 Å². The molecule has 11 nitrogen and oxygen atoms in total. The second-order valence-corrected chi connectivity index (χ2v) is 21.8. The van der Waals surface area contributed by atoms with Crippen LogP contribution in [0.1, 0.15) is 284 Å². The maximum atomic E-state index is 13.2. The van der Waals surface area contributed by atoms with Crippen LogP contribution in [-0.2, 0) is 14.3 Å². The molecule has 1 aliphatic rings. The van der Waals surface area contributed by atoms with Crippen LogP contribution in [0.25, 0.3) is 0 Å². The molecule has 0 aromatic rings. The van der Waals surface area contributed by atoms with E-state index < -0.39 is 74.2 Å². The van der Waals surface area contributed by atoms with E-state index in [0.29, 0.717) is 19.3 Å². The zero-order chi connectivity index (χ0) is 53.3. The quantitative estimate of drug-likeness (QED) is 0.0215. The van der Waals surface area contributed by atoms with Gasteiger partial charge in [-0.25, -0.2) is 0 Å². The molecule has 0 spiro atoms. The van der Waals surface area contributed by atoms with E-state index >= 15 is 0 Å². The molecule has 1 aliphatic heterocycles. The van der Waals surface area contributed by atoms with Gasteiger partial charge in [-0.2, -0.15) is 0 Å². The Morgan fingerprint density at radius 1 is 0.466 bits per heavy atom. The van der Waals surface area contributed by atoms with Gasteiger partial charge in [0, 0.05) is 0 Å². The molecule has 9 unspecified atom stereocenters. The van der Waals surface area contributed by atoms with Gasteiger partial charge in [0.2, 0.25) is 5.91 Å². The first-order valence-electron chi connectivity index (χ1n) is 30.9. The first-order chi connectivity index (χ1) is 35.7. The van der Waals surface area contributed by atoms with Gasteiger partial charge in [0.1, 0.15) is 36.6 Å². The van der Waals surface area contributed by atoms with Gasteiger partial charge in [0.15, 0.2) is 6.29 Å². The fourth-order valence-corrected chi connectivity index (χ4v) is 9.89. The van der Waals surface area contributed by atoms with E-state index in [-0.39, 0.29) is 12.8 Å². The van der Waals surface area contributed by atoms with Crippen LogP contribution in [0.5, 0.6) is 0 Å². The van der Waals surface area contributed by atoms with Crippen molar-refractivity contribution in [3.8, 4) is 0 Å². The molecule has 1 fully saturated rings. The summed E-state index contributed by atoms with van der Waals surface area (Å²) in [5.41, 5.74) is 0. The van der Waals surface area contributed by atoms with Crippen LogP contribution >= 0.6 is 0 Å². The van der Waals surface area contributed by atoms with Gasteiger partial charge in [-0.3, -0.25) is 4.79 Å². The normalized spacial score (nSPS) is 20.2. The van der Waals surface area contributed by atoms with Crippen molar-refractivity contribution in [2.24, 2.45) is 0 Å². The van der Waals surface area contributed by atoms with Crippen LogP contribution in [0.2, 0.25) is 0 Å². The Hall–Kier alpha value is -1.67. The molecule has 0 radical (unpaired) electrons. The Labute approximate surface area is 447 Å². The highest BCUT2D eigenvalue weighted by Gasteiger charge is 2.44. The number of hydrogen-bond acceptors (Lipinski definition) is 10. The lowest BCUT2D eigenvalue weighted by Gasteiger charge is -2.40. The fourth-order valence-electron chi connectivity index (χ4n) is 9.89. The van der Waals surface area contributed by atoms with Crippen LogP contribution < -0.4 is 5.32 Å². The Bertz CT molecular complexity index is 1280. The largest absolute Gasteiger partial charge is 0.394 e. The van der Waals surface area contributed by atoms with Gasteiger partial charge < -0.3 is 50.5 Å². The third kappa shape index (κ3) is 39.4. The van der Waals surface area contributed by atoms with Gasteiger partial charge in [-0.15, -0.1) is 0 Å². The molecule has 0 saturated carbocycles. The minimum atomic E-state index is -1.67. The molecule has 73 heavy (non-hydrogen) atoms. The molecule has 0 aromatic carbocycles. The van der Waals surface area contributed by atoms with Crippen LogP contribution in [0, 0.1) is 0 Å². The zero-order valence-corrected chi connectivity index (χ0v) is 47.1. The summed E-state index contributed by atoms with van der Waals surface area (Å²) in [6.45, 7) is 3.47. The fraction of sp³-hybridized carbons (Fsp3) is 0.887. The Morgan fingerprint density at radius 3 is 1.22 bits per heavy atom. The molecule has 0 aliphatic carbocycles. The lowest BCUT2D eigenvalue weighted by molar-refractivity contribution is -0.303. The van der Waals surface area contributed by atoms with Crippen LogP contribution in [0.4, 0.5) is 0 Å². The lowest BCUT2D eigenvalue weighted by Crippen LogP contribution is -2.60. The highest BCUT2D eigenvalue weighted by atomic mass is 16.7. The highest BCUT2D eigenvalue weighted by molar-refractivity contribution is 5.80. The molecule has 0 bridgehead atoms. The van der Waals surface area contributed by atoms with E-state index in [1.54, 1.807) is 0 Å². The van der Waals surface area contributed by atoms with Crippen molar-refractivity contribution >= 4 is 5.91 Å². The van der Waals surface area contributed by atoms with Gasteiger partial charge in [-0.05, 0) is 64.2 Å². The third-order valence-electron chi connectivity index (χ3n) is 14.9. The number of nitrogens with one attached hydrogen (secondary N) is 1. The molecular formula is C62H117NO10. The van der Waals surface area contributed by atoms with E-state index in [1.165, 1.54) is 193 Å². The molecule has 1 saturated heterocycles. The van der Waals surface area contributed by atoms with Crippen molar-refractivity contribution < 1.29 is 50.0 Å². The summed E-state index contributed by atoms with van der Waals surface area (Å²) >= 11 is 0. The second kappa shape index (κ2) is 51.1. The first-order valence-corrected chi connectivity index (χ1v) is 30.9. The van der Waals surface area contributed by atoms with Crippen molar-refractivity contribution in [2.45, 2.75) is 339 Å². The summed E-state index contributed by atoms with van der Waals surface area (Å²) in [5.74, 6) is -0.708. The molecule has 9 atom stereocenters. The predicted molar refractivity (Wildman–Crippen MR) is 302 cm³/mol. The molecule has 1 heterocycles. The van der Waals surface area contributed by atoms with Gasteiger partial charge in [0.05, 0.1) is 25.4 Å². The average molecular weight is 1040 g/mol. The number of rotatable bonds is 53. The summed E-state index contributed by atoms with van der Waals surface area (Å²) < 4.78 is 11.1. The molecule has 1 amide bonds. The van der Waals surface area contributed by atoms with Crippen molar-refractivity contribution in [3.63, 3.8) is 0 Å². The second-order valence-electron chi connectivity index (χ2n) is 21.8. The maximum Gasteiger partial charge on any atom is 0.249 e. The monoisotopic (exact) mass is 1040 g/mol. The molecule has 11 heteroatoms. The Morgan fingerprint density at radius 2 is 0.822 bits per heavy atom. The number of ether oxygens (including phenoxy) is 2. The zero-order valence-electron chi connectivity index (χ0n) is 47.1. The summed E-state index contributed by atoms with van der Waals surface area (Å²) in [6, 6.07) is -1.19. The molecule has 8 N–H and O–H groups in total. The van der Waals surface area contributed by atoms with E-state index in [1.807, 2.05) is 0 Å². The molecular weight excluding hydrogens is 919 g/mol. The number of carbonyl (C=O) groups is 1. The van der Waals surface area contributed by atoms with Crippen molar-refractivity contribution in [1.29, 1.82) is 0 Å². The highest BCUT2D eigenvalue weighted by Crippen LogP contribution is 2.23. The number of carbonyl (C=O) groups excluding carboxylic acids is 1. The van der Waals surface area contributed by atoms with Gasteiger partial charge >= 0.3 is 0 Å². The number of aliphatic hydroxyl groups excluding tert-OH is 7. The minimum Gasteiger partial charge on any atom is -0.394 e. The number of amides is 1. The average Bonchev–Trinajstić information content (AvgIpc) is 3.39. The lowest BCUT2D eigenvalue weighted by atomic mass is 9.98. The first kappa shape index (κ1) is 69.3. The maximum absolute atomic E-state index is 13.2. The summed E-state index contributed by atoms with van der Waals surface area (Å²) in [5, 5.41) is 76.2. The topological polar surface area (TPSA) is 189 Å². The van der Waals surface area contributed by atoms with Crippen LogP contribution in [0.3, 0.4) is 0 Å². The predicted octanol–water partition coefficient (Wildman–Crippen LogP) is 13.5. The standard InChI is InChI=1S/C62H117NO10/c1-3-5-7-9-11-13-15-17-19-21-23-25-26-27-28-29-30-32-33-35-37-39-41-43-45-47-49-54(65)57(67)53(52-72-62-60(70)59(69)58(68)56(51-64)73-62)63-61(71)55(66)50-48-46-44-42-40-38-36-34-31-24-22-20-18-16-14-12-10-8-6-4-2/h28-29,33,35,41,43,53-60,62,64-70H,3-27,30-32,34,36-40,42,44-52H2,1-2H3,(H,63,71)/b29-28+,35-33+,43-41+. The number of allylic oxidation sites excluding steroid dienone is 6.